The van der Waals surface area contributed by atoms with Crippen molar-refractivity contribution in [1.29, 1.82) is 0 Å². The van der Waals surface area contributed by atoms with Crippen molar-refractivity contribution in [2.75, 3.05) is 26.7 Å². The summed E-state index contributed by atoms with van der Waals surface area (Å²) < 4.78 is 17.5. The molecule has 0 radical (unpaired) electrons. The molecule has 0 aromatic heterocycles. The molecule has 0 saturated heterocycles. The number of benzene rings is 1. The zero-order chi connectivity index (χ0) is 49.8. The Morgan fingerprint density at radius 3 is 2.04 bits per heavy atom. The lowest BCUT2D eigenvalue weighted by Gasteiger charge is -2.50. The van der Waals surface area contributed by atoms with Gasteiger partial charge in [0.15, 0.2) is 0 Å². The third kappa shape index (κ3) is 17.7. The Labute approximate surface area is 407 Å². The number of hydrogen-bond acceptors (Lipinski definition) is 12. The van der Waals surface area contributed by atoms with Gasteiger partial charge in [0.25, 0.3) is 0 Å². The molecule has 4 N–H and O–H groups in total. The number of Topliss-reactive ketones (excluding diaryl/α,β-unsaturated/α-hetero) is 2. The van der Waals surface area contributed by atoms with Gasteiger partial charge in [-0.1, -0.05) is 40.7 Å². The molecule has 1 aromatic carbocycles. The van der Waals surface area contributed by atoms with Crippen LogP contribution >= 0.6 is 0 Å². The number of carbonyl (C=O) groups is 7. The van der Waals surface area contributed by atoms with Crippen LogP contribution in [0.4, 0.5) is 0 Å². The maximum Gasteiger partial charge on any atom is 0.328 e. The number of carbonyl (C=O) groups excluding carboxylic acids is 7. The standard InChI is InChI=1S/C54H86N4O10/c1-9-66-51(63)45(18-14-15-30-55-8)57-49(61)20-13-11-17-39(60)28-31-56-46(32-35(2)3)52(64)67-40-22-24-41-38(34-40)21-23-43-42(41)27-29-54(7)44(43)25-26-48(54)68-53(65)47(33-36(4)5)58-50(62)19-12-10-16-37(6)59/h22,24,34-36,42-48,55-56H,9-21,23,25-33H2,1-8H3,(H,57,61)(H,58,62)/t42?,43?,44?,45?,46?,47?,48-,54-/m0/s1. The van der Waals surface area contributed by atoms with Crippen LogP contribution in [-0.2, 0) is 49.5 Å². The summed E-state index contributed by atoms with van der Waals surface area (Å²) in [5, 5.41) is 12.1. The fourth-order valence-corrected chi connectivity index (χ4v) is 11.1. The van der Waals surface area contributed by atoms with E-state index < -0.39 is 24.1 Å². The van der Waals surface area contributed by atoms with Gasteiger partial charge in [0, 0.05) is 44.1 Å². The van der Waals surface area contributed by atoms with Gasteiger partial charge in [-0.05, 0) is 177 Å². The van der Waals surface area contributed by atoms with E-state index in [-0.39, 0.29) is 84.5 Å². The summed E-state index contributed by atoms with van der Waals surface area (Å²) in [5.41, 5.74) is 2.39. The molecule has 4 rings (SSSR count). The zero-order valence-electron chi connectivity index (χ0n) is 42.8. The summed E-state index contributed by atoms with van der Waals surface area (Å²) in [4.78, 5) is 89.3. The van der Waals surface area contributed by atoms with E-state index in [1.807, 2.05) is 33.0 Å². The number of aryl methyl sites for hydroxylation is 1. The summed E-state index contributed by atoms with van der Waals surface area (Å²) in [5.74, 6) is 0.816. The second kappa shape index (κ2) is 28.5. The average Bonchev–Trinajstić information content (AvgIpc) is 3.61. The van der Waals surface area contributed by atoms with Gasteiger partial charge in [-0.25, -0.2) is 14.4 Å². The van der Waals surface area contributed by atoms with Crippen LogP contribution < -0.4 is 26.0 Å². The number of amides is 2. The molecule has 2 amide bonds. The molecule has 2 fully saturated rings. The normalized spacial score (nSPS) is 22.0. The predicted molar refractivity (Wildman–Crippen MR) is 263 cm³/mol. The molecule has 0 heterocycles. The number of ether oxygens (including phenoxy) is 3. The van der Waals surface area contributed by atoms with Crippen LogP contribution in [0.1, 0.15) is 188 Å². The van der Waals surface area contributed by atoms with E-state index in [0.717, 1.165) is 57.9 Å². The van der Waals surface area contributed by atoms with Crippen LogP contribution in [-0.4, -0.2) is 92.3 Å². The highest BCUT2D eigenvalue weighted by Crippen LogP contribution is 2.61. The van der Waals surface area contributed by atoms with E-state index in [1.54, 1.807) is 13.8 Å². The number of esters is 3. The first kappa shape index (κ1) is 56.4. The highest BCUT2D eigenvalue weighted by atomic mass is 16.5. The van der Waals surface area contributed by atoms with Crippen LogP contribution in [0.25, 0.3) is 0 Å². The Hall–Kier alpha value is -4.17. The van der Waals surface area contributed by atoms with Gasteiger partial charge < -0.3 is 40.3 Å². The maximum atomic E-state index is 13.7. The van der Waals surface area contributed by atoms with Gasteiger partial charge in [-0.3, -0.25) is 14.4 Å². The minimum Gasteiger partial charge on any atom is -0.464 e. The lowest BCUT2D eigenvalue weighted by atomic mass is 9.55. The number of hydrogen-bond donors (Lipinski definition) is 4. The summed E-state index contributed by atoms with van der Waals surface area (Å²) in [6.45, 7) is 15.2. The lowest BCUT2D eigenvalue weighted by molar-refractivity contribution is -0.161. The van der Waals surface area contributed by atoms with Gasteiger partial charge in [0.1, 0.15) is 41.5 Å². The number of ketones is 2. The van der Waals surface area contributed by atoms with E-state index in [1.165, 1.54) is 11.1 Å². The lowest BCUT2D eigenvalue weighted by Crippen LogP contribution is -2.48. The van der Waals surface area contributed by atoms with Crippen molar-refractivity contribution in [2.24, 2.45) is 29.1 Å². The van der Waals surface area contributed by atoms with Crippen LogP contribution in [0.15, 0.2) is 18.2 Å². The monoisotopic (exact) mass is 951 g/mol. The Morgan fingerprint density at radius 2 is 1.38 bits per heavy atom. The van der Waals surface area contributed by atoms with Crippen molar-refractivity contribution in [3.05, 3.63) is 29.3 Å². The average molecular weight is 951 g/mol. The molecule has 14 heteroatoms. The highest BCUT2D eigenvalue weighted by molar-refractivity contribution is 5.85. The molecule has 0 bridgehead atoms. The first-order valence-electron chi connectivity index (χ1n) is 26.1. The van der Waals surface area contributed by atoms with Gasteiger partial charge in [0.05, 0.1) is 6.61 Å². The highest BCUT2D eigenvalue weighted by Gasteiger charge is 2.56. The number of rotatable bonds is 31. The van der Waals surface area contributed by atoms with Crippen molar-refractivity contribution in [1.82, 2.24) is 21.3 Å². The Balaban J connectivity index is 1.25. The first-order valence-corrected chi connectivity index (χ1v) is 26.1. The molecular weight excluding hydrogens is 865 g/mol. The molecular formula is C54H86N4O10. The molecule has 0 spiro atoms. The minimum atomic E-state index is -0.696. The number of nitrogens with one attached hydrogen (secondary N) is 4. The quantitative estimate of drug-likeness (QED) is 0.0319. The van der Waals surface area contributed by atoms with Crippen LogP contribution in [0, 0.1) is 29.1 Å². The fourth-order valence-electron chi connectivity index (χ4n) is 11.1. The molecule has 0 aliphatic heterocycles. The Bertz CT molecular complexity index is 1830. The van der Waals surface area contributed by atoms with Gasteiger partial charge >= 0.3 is 17.9 Å². The summed E-state index contributed by atoms with van der Waals surface area (Å²) in [6.07, 6.45) is 12.5. The number of fused-ring (bicyclic) bond motifs is 5. The largest absolute Gasteiger partial charge is 0.464 e. The van der Waals surface area contributed by atoms with Crippen molar-refractivity contribution < 1.29 is 47.8 Å². The SMILES string of the molecule is CCOC(=O)C(CCCCNC)NC(=O)CCCCC(=O)CCNC(CC(C)C)C(=O)Oc1ccc2c(c1)CCC1C2CC[C@@]2(C)C1CC[C@@H]2OC(=O)C(CC(C)C)NC(=O)CCCCC(C)=O. The predicted octanol–water partition coefficient (Wildman–Crippen LogP) is 8.00. The molecule has 2 saturated carbocycles. The second-order valence-corrected chi connectivity index (χ2v) is 21.0. The Morgan fingerprint density at radius 1 is 0.721 bits per heavy atom. The minimum absolute atomic E-state index is 0.0552. The van der Waals surface area contributed by atoms with Gasteiger partial charge in [0.2, 0.25) is 11.8 Å². The molecule has 382 valence electrons. The van der Waals surface area contributed by atoms with Crippen molar-refractivity contribution >= 4 is 41.3 Å². The summed E-state index contributed by atoms with van der Waals surface area (Å²) >= 11 is 0. The maximum absolute atomic E-state index is 13.7. The van der Waals surface area contributed by atoms with Crippen molar-refractivity contribution in [3.8, 4) is 5.75 Å². The summed E-state index contributed by atoms with van der Waals surface area (Å²) in [6, 6.07) is 4.15. The van der Waals surface area contributed by atoms with Crippen molar-refractivity contribution in [3.63, 3.8) is 0 Å². The van der Waals surface area contributed by atoms with Crippen LogP contribution in [0.2, 0.25) is 0 Å². The van der Waals surface area contributed by atoms with E-state index in [4.69, 9.17) is 14.2 Å². The third-order valence-electron chi connectivity index (χ3n) is 14.6. The van der Waals surface area contributed by atoms with E-state index in [2.05, 4.69) is 48.1 Å². The topological polar surface area (TPSA) is 195 Å². The second-order valence-electron chi connectivity index (χ2n) is 21.0. The zero-order valence-corrected chi connectivity index (χ0v) is 42.8. The first-order chi connectivity index (χ1) is 32.4. The summed E-state index contributed by atoms with van der Waals surface area (Å²) in [7, 11) is 1.87. The molecule has 3 aliphatic carbocycles. The van der Waals surface area contributed by atoms with E-state index in [0.29, 0.717) is 87.8 Å². The molecule has 14 nitrogen and oxygen atoms in total. The smallest absolute Gasteiger partial charge is 0.328 e. The van der Waals surface area contributed by atoms with E-state index in [9.17, 15) is 33.6 Å². The molecule has 68 heavy (non-hydrogen) atoms. The molecule has 8 atom stereocenters. The fraction of sp³-hybridized carbons (Fsp3) is 0.759. The Kier molecular flexibility index (Phi) is 23.6. The van der Waals surface area contributed by atoms with Crippen LogP contribution in [0.3, 0.4) is 0 Å². The van der Waals surface area contributed by atoms with Crippen molar-refractivity contribution in [2.45, 2.75) is 207 Å². The molecule has 6 unspecified atom stereocenters. The molecule has 3 aliphatic rings. The van der Waals surface area contributed by atoms with Gasteiger partial charge in [-0.15, -0.1) is 0 Å². The third-order valence-corrected chi connectivity index (χ3v) is 14.6. The molecule has 1 aromatic rings. The number of unbranched alkanes of at least 4 members (excludes halogenated alkanes) is 3. The van der Waals surface area contributed by atoms with E-state index >= 15 is 0 Å². The van der Waals surface area contributed by atoms with Gasteiger partial charge in [-0.2, -0.15) is 0 Å². The van der Waals surface area contributed by atoms with Crippen LogP contribution in [0.5, 0.6) is 5.75 Å².